The first-order chi connectivity index (χ1) is 8.09. The van der Waals surface area contributed by atoms with E-state index in [1.54, 1.807) is 13.8 Å². The maximum absolute atomic E-state index is 13.5. The second-order valence-electron chi connectivity index (χ2n) is 4.99. The van der Waals surface area contributed by atoms with Crippen LogP contribution in [0.4, 0.5) is 8.78 Å². The first-order valence-corrected chi connectivity index (χ1v) is 6.24. The topological polar surface area (TPSA) is 12.0 Å². The van der Waals surface area contributed by atoms with E-state index in [0.29, 0.717) is 17.0 Å². The van der Waals surface area contributed by atoms with Crippen molar-refractivity contribution in [3.05, 3.63) is 34.4 Å². The molecule has 0 radical (unpaired) electrons. The Balaban J connectivity index is 2.24. The van der Waals surface area contributed by atoms with E-state index in [1.807, 2.05) is 0 Å². The minimum Gasteiger partial charge on any atom is -0.316 e. The second-order valence-corrected chi connectivity index (χ2v) is 4.99. The predicted octanol–water partition coefficient (Wildman–Crippen LogP) is 3.12. The van der Waals surface area contributed by atoms with Crippen molar-refractivity contribution >= 4 is 0 Å². The molecule has 0 amide bonds. The van der Waals surface area contributed by atoms with Gasteiger partial charge in [-0.25, -0.2) is 8.78 Å². The van der Waals surface area contributed by atoms with Gasteiger partial charge in [0, 0.05) is 6.07 Å². The highest BCUT2D eigenvalue weighted by atomic mass is 19.1. The molecule has 2 rings (SSSR count). The summed E-state index contributed by atoms with van der Waals surface area (Å²) in [4.78, 5) is 0. The summed E-state index contributed by atoms with van der Waals surface area (Å²) in [5.41, 5.74) is 2.07. The minimum absolute atomic E-state index is 0.424. The zero-order valence-electron chi connectivity index (χ0n) is 10.4. The van der Waals surface area contributed by atoms with Crippen LogP contribution in [0, 0.1) is 31.4 Å². The van der Waals surface area contributed by atoms with Gasteiger partial charge in [-0.3, -0.25) is 0 Å². The molecule has 1 N–H and O–H groups in total. The molecular formula is C14H19F2N. The monoisotopic (exact) mass is 239 g/mol. The van der Waals surface area contributed by atoms with Gasteiger partial charge < -0.3 is 5.32 Å². The van der Waals surface area contributed by atoms with E-state index in [2.05, 4.69) is 5.32 Å². The van der Waals surface area contributed by atoms with E-state index in [1.165, 1.54) is 0 Å². The van der Waals surface area contributed by atoms with E-state index in [-0.39, 0.29) is 0 Å². The summed E-state index contributed by atoms with van der Waals surface area (Å²) in [6.45, 7) is 5.50. The van der Waals surface area contributed by atoms with Crippen LogP contribution in [-0.2, 0) is 6.42 Å². The second kappa shape index (κ2) is 5.13. The number of rotatable bonds is 2. The van der Waals surface area contributed by atoms with E-state index in [9.17, 15) is 8.78 Å². The molecule has 0 saturated carbocycles. The quantitative estimate of drug-likeness (QED) is 0.836. The number of hydrogen-bond donors (Lipinski definition) is 1. The fraction of sp³-hybridized carbons (Fsp3) is 0.571. The maximum atomic E-state index is 13.5. The largest absolute Gasteiger partial charge is 0.316 e. The lowest BCUT2D eigenvalue weighted by Gasteiger charge is -2.24. The van der Waals surface area contributed by atoms with Gasteiger partial charge in [0.1, 0.15) is 11.6 Å². The van der Waals surface area contributed by atoms with Crippen molar-refractivity contribution in [2.24, 2.45) is 5.92 Å². The van der Waals surface area contributed by atoms with E-state index < -0.39 is 11.6 Å². The van der Waals surface area contributed by atoms with Gasteiger partial charge >= 0.3 is 0 Å². The van der Waals surface area contributed by atoms with Gasteiger partial charge in [-0.1, -0.05) is 0 Å². The molecule has 0 spiro atoms. The van der Waals surface area contributed by atoms with Crippen molar-refractivity contribution in [2.75, 3.05) is 13.1 Å². The lowest BCUT2D eigenvalue weighted by molar-refractivity contribution is 0.374. The van der Waals surface area contributed by atoms with Crippen LogP contribution in [0.25, 0.3) is 0 Å². The Bertz CT molecular complexity index is 383. The Labute approximate surface area is 101 Å². The Hall–Kier alpha value is -0.960. The number of piperidine rings is 1. The van der Waals surface area contributed by atoms with Crippen molar-refractivity contribution in [1.82, 2.24) is 5.32 Å². The van der Waals surface area contributed by atoms with E-state index in [0.717, 1.165) is 44.0 Å². The molecule has 1 saturated heterocycles. The zero-order valence-corrected chi connectivity index (χ0v) is 10.4. The van der Waals surface area contributed by atoms with Crippen LogP contribution in [0.3, 0.4) is 0 Å². The standard InChI is InChI=1S/C14H19F2N/c1-9-12(6-11-4-3-5-17-8-11)10(2)14(16)7-13(9)15/h7,11,17H,3-6,8H2,1-2H3. The first-order valence-electron chi connectivity index (χ1n) is 6.24. The summed E-state index contributed by atoms with van der Waals surface area (Å²) in [6, 6.07) is 0.993. The minimum atomic E-state index is -0.424. The lowest BCUT2D eigenvalue weighted by atomic mass is 9.88. The highest BCUT2D eigenvalue weighted by molar-refractivity contribution is 5.36. The van der Waals surface area contributed by atoms with Crippen molar-refractivity contribution in [2.45, 2.75) is 33.1 Å². The molecule has 1 aromatic carbocycles. The van der Waals surface area contributed by atoms with Crippen molar-refractivity contribution in [1.29, 1.82) is 0 Å². The number of benzene rings is 1. The van der Waals surface area contributed by atoms with Crippen molar-refractivity contribution in [3.63, 3.8) is 0 Å². The van der Waals surface area contributed by atoms with Crippen LogP contribution in [0.1, 0.15) is 29.5 Å². The Kier molecular flexibility index (Phi) is 3.77. The molecular weight excluding hydrogens is 220 g/mol. The van der Waals surface area contributed by atoms with Crippen molar-refractivity contribution in [3.8, 4) is 0 Å². The van der Waals surface area contributed by atoms with Crippen LogP contribution in [0.15, 0.2) is 6.07 Å². The average molecular weight is 239 g/mol. The summed E-state index contributed by atoms with van der Waals surface area (Å²) >= 11 is 0. The molecule has 1 aliphatic rings. The van der Waals surface area contributed by atoms with Gasteiger partial charge in [0.25, 0.3) is 0 Å². The molecule has 0 bridgehead atoms. The fourth-order valence-corrected chi connectivity index (χ4v) is 2.59. The number of halogens is 2. The van der Waals surface area contributed by atoms with Crippen LogP contribution < -0.4 is 5.32 Å². The molecule has 1 fully saturated rings. The third-order valence-corrected chi connectivity index (χ3v) is 3.77. The van der Waals surface area contributed by atoms with Crippen LogP contribution in [0.2, 0.25) is 0 Å². The van der Waals surface area contributed by atoms with Crippen LogP contribution in [0.5, 0.6) is 0 Å². The molecule has 17 heavy (non-hydrogen) atoms. The van der Waals surface area contributed by atoms with Gasteiger partial charge in [-0.2, -0.15) is 0 Å². The summed E-state index contributed by atoms with van der Waals surface area (Å²) in [5.74, 6) is -0.346. The molecule has 1 atom stereocenters. The SMILES string of the molecule is Cc1c(F)cc(F)c(C)c1CC1CCCNC1. The van der Waals surface area contributed by atoms with Gasteiger partial charge in [-0.15, -0.1) is 0 Å². The van der Waals surface area contributed by atoms with Crippen LogP contribution in [-0.4, -0.2) is 13.1 Å². The van der Waals surface area contributed by atoms with E-state index >= 15 is 0 Å². The number of hydrogen-bond acceptors (Lipinski definition) is 1. The van der Waals surface area contributed by atoms with Gasteiger partial charge in [0.2, 0.25) is 0 Å². The normalized spacial score (nSPS) is 20.6. The fourth-order valence-electron chi connectivity index (χ4n) is 2.59. The first kappa shape index (κ1) is 12.5. The summed E-state index contributed by atoms with van der Waals surface area (Å²) in [5, 5.41) is 3.34. The molecule has 0 aliphatic carbocycles. The highest BCUT2D eigenvalue weighted by Gasteiger charge is 2.18. The lowest BCUT2D eigenvalue weighted by Crippen LogP contribution is -2.31. The molecule has 1 aromatic rings. The number of nitrogens with one attached hydrogen (secondary N) is 1. The smallest absolute Gasteiger partial charge is 0.129 e. The Morgan fingerprint density at radius 3 is 2.41 bits per heavy atom. The summed E-state index contributed by atoms with van der Waals surface area (Å²) < 4.78 is 27.0. The average Bonchev–Trinajstić information content (AvgIpc) is 2.33. The Morgan fingerprint density at radius 1 is 1.24 bits per heavy atom. The van der Waals surface area contributed by atoms with Gasteiger partial charge in [-0.05, 0) is 68.8 Å². The Morgan fingerprint density at radius 2 is 1.88 bits per heavy atom. The van der Waals surface area contributed by atoms with E-state index in [4.69, 9.17) is 0 Å². The molecule has 1 nitrogen and oxygen atoms in total. The third kappa shape index (κ3) is 2.65. The van der Waals surface area contributed by atoms with Gasteiger partial charge in [0.05, 0.1) is 0 Å². The summed E-state index contributed by atoms with van der Waals surface area (Å²) in [7, 11) is 0. The molecule has 94 valence electrons. The molecule has 3 heteroatoms. The van der Waals surface area contributed by atoms with Gasteiger partial charge in [0.15, 0.2) is 0 Å². The molecule has 1 heterocycles. The summed E-state index contributed by atoms with van der Waals surface area (Å²) in [6.07, 6.45) is 3.07. The molecule has 1 unspecified atom stereocenters. The zero-order chi connectivity index (χ0) is 12.4. The third-order valence-electron chi connectivity index (χ3n) is 3.77. The molecule has 1 aliphatic heterocycles. The molecule has 0 aromatic heterocycles. The van der Waals surface area contributed by atoms with Crippen LogP contribution >= 0.6 is 0 Å². The predicted molar refractivity (Wildman–Crippen MR) is 65.1 cm³/mol. The highest BCUT2D eigenvalue weighted by Crippen LogP contribution is 2.25. The maximum Gasteiger partial charge on any atom is 0.129 e. The van der Waals surface area contributed by atoms with Crippen molar-refractivity contribution < 1.29 is 8.78 Å².